The van der Waals surface area contributed by atoms with E-state index in [4.69, 9.17) is 5.11 Å². The fourth-order valence-corrected chi connectivity index (χ4v) is 2.14. The van der Waals surface area contributed by atoms with Gasteiger partial charge in [0.25, 0.3) is 0 Å². The van der Waals surface area contributed by atoms with Gasteiger partial charge in [0.15, 0.2) is 0 Å². The van der Waals surface area contributed by atoms with E-state index in [0.717, 1.165) is 0 Å². The Morgan fingerprint density at radius 3 is 1.93 bits per heavy atom. The highest BCUT2D eigenvalue weighted by atomic mass is 16.4. The van der Waals surface area contributed by atoms with Crippen LogP contribution in [0.1, 0.15) is 41.5 Å². The summed E-state index contributed by atoms with van der Waals surface area (Å²) in [7, 11) is 0. The third-order valence-electron chi connectivity index (χ3n) is 4.35. The number of carboxylic acid groups (broad SMARTS) is 1. The first-order valence-electron chi connectivity index (χ1n) is 5.50. The molecule has 0 aromatic rings. The van der Waals surface area contributed by atoms with Crippen LogP contribution in [-0.2, 0) is 4.79 Å². The zero-order valence-electron chi connectivity index (χ0n) is 10.6. The molecule has 1 aliphatic rings. The molecule has 1 saturated carbocycles. The minimum absolute atomic E-state index is 0.265. The molecule has 0 amide bonds. The van der Waals surface area contributed by atoms with Crippen LogP contribution in [-0.4, -0.2) is 23.7 Å². The Morgan fingerprint density at radius 1 is 1.27 bits per heavy atom. The third-order valence-corrected chi connectivity index (χ3v) is 4.35. The van der Waals surface area contributed by atoms with Crippen molar-refractivity contribution in [1.82, 2.24) is 5.32 Å². The minimum Gasteiger partial charge on any atom is -0.481 e. The molecule has 0 bridgehead atoms. The summed E-state index contributed by atoms with van der Waals surface area (Å²) in [6.45, 7) is 12.9. The van der Waals surface area contributed by atoms with E-state index in [1.807, 2.05) is 0 Å². The van der Waals surface area contributed by atoms with Gasteiger partial charge >= 0.3 is 5.97 Å². The summed E-state index contributed by atoms with van der Waals surface area (Å²) in [6.07, 6.45) is 0. The van der Waals surface area contributed by atoms with Gasteiger partial charge in [-0.1, -0.05) is 27.7 Å². The highest BCUT2D eigenvalue weighted by molar-refractivity contribution is 5.73. The molecule has 0 radical (unpaired) electrons. The minimum atomic E-state index is -0.744. The smallest absolute Gasteiger partial charge is 0.310 e. The zero-order valence-corrected chi connectivity index (χ0v) is 10.6. The first-order chi connectivity index (χ1) is 6.53. The van der Waals surface area contributed by atoms with Crippen LogP contribution >= 0.6 is 0 Å². The van der Waals surface area contributed by atoms with Gasteiger partial charge in [0.1, 0.15) is 0 Å². The summed E-state index contributed by atoms with van der Waals surface area (Å²) in [4.78, 5) is 10.9. The molecule has 3 heteroatoms. The van der Waals surface area contributed by atoms with Gasteiger partial charge in [-0.15, -0.1) is 0 Å². The van der Waals surface area contributed by atoms with Crippen molar-refractivity contribution in [3.8, 4) is 0 Å². The number of hydrogen-bond donors (Lipinski definition) is 2. The maximum atomic E-state index is 10.9. The average molecular weight is 213 g/mol. The van der Waals surface area contributed by atoms with Crippen molar-refractivity contribution >= 4 is 5.97 Å². The Balaban J connectivity index is 2.51. The lowest BCUT2D eigenvalue weighted by molar-refractivity contribution is -0.146. The zero-order chi connectivity index (χ0) is 12.1. The monoisotopic (exact) mass is 213 g/mol. The molecule has 3 nitrogen and oxygen atoms in total. The third kappa shape index (κ3) is 1.89. The highest BCUT2D eigenvalue weighted by Crippen LogP contribution is 2.62. The number of nitrogens with one attached hydrogen (secondary N) is 1. The number of rotatable bonds is 4. The Bertz CT molecular complexity index is 265. The SMILES string of the molecule is CC(C)(CNC1C(C)(C)C1(C)C)C(=O)O. The normalized spacial score (nSPS) is 23.9. The van der Waals surface area contributed by atoms with Gasteiger partial charge in [0, 0.05) is 12.6 Å². The van der Waals surface area contributed by atoms with Gasteiger partial charge in [-0.3, -0.25) is 4.79 Å². The van der Waals surface area contributed by atoms with Crippen molar-refractivity contribution in [3.05, 3.63) is 0 Å². The molecule has 1 rings (SSSR count). The van der Waals surface area contributed by atoms with Crippen LogP contribution in [0.25, 0.3) is 0 Å². The van der Waals surface area contributed by atoms with E-state index >= 15 is 0 Å². The Kier molecular flexibility index (Phi) is 2.67. The second-order valence-electron chi connectivity index (χ2n) is 6.45. The lowest BCUT2D eigenvalue weighted by Gasteiger charge is -2.20. The topological polar surface area (TPSA) is 49.3 Å². The molecule has 1 aliphatic carbocycles. The first-order valence-corrected chi connectivity index (χ1v) is 5.50. The Hall–Kier alpha value is -0.570. The van der Waals surface area contributed by atoms with E-state index in [1.54, 1.807) is 13.8 Å². The number of carbonyl (C=O) groups is 1. The van der Waals surface area contributed by atoms with Crippen molar-refractivity contribution in [2.45, 2.75) is 47.6 Å². The van der Waals surface area contributed by atoms with Crippen molar-refractivity contribution in [1.29, 1.82) is 0 Å². The van der Waals surface area contributed by atoms with Crippen LogP contribution in [0.2, 0.25) is 0 Å². The molecule has 0 aromatic heterocycles. The molecular weight excluding hydrogens is 190 g/mol. The molecular formula is C12H23NO2. The standard InChI is InChI=1S/C12H23NO2/c1-10(2,9(14)15)7-13-8-11(3,4)12(8,5)6/h8,13H,7H2,1-6H3,(H,14,15). The molecule has 15 heavy (non-hydrogen) atoms. The fourth-order valence-electron chi connectivity index (χ4n) is 2.14. The van der Waals surface area contributed by atoms with Gasteiger partial charge in [-0.25, -0.2) is 0 Å². The largest absolute Gasteiger partial charge is 0.481 e. The van der Waals surface area contributed by atoms with Crippen LogP contribution in [0.15, 0.2) is 0 Å². The van der Waals surface area contributed by atoms with E-state index in [2.05, 4.69) is 33.0 Å². The van der Waals surface area contributed by atoms with Crippen LogP contribution in [0.5, 0.6) is 0 Å². The van der Waals surface area contributed by atoms with Gasteiger partial charge in [0.2, 0.25) is 0 Å². The maximum Gasteiger partial charge on any atom is 0.310 e. The van der Waals surface area contributed by atoms with Crippen LogP contribution in [0.3, 0.4) is 0 Å². The summed E-state index contributed by atoms with van der Waals surface area (Å²) in [6, 6.07) is 0.420. The maximum absolute atomic E-state index is 10.9. The highest BCUT2D eigenvalue weighted by Gasteiger charge is 2.64. The van der Waals surface area contributed by atoms with Crippen molar-refractivity contribution < 1.29 is 9.90 Å². The molecule has 0 unspecified atom stereocenters. The van der Waals surface area contributed by atoms with Gasteiger partial charge in [-0.05, 0) is 24.7 Å². The fraction of sp³-hybridized carbons (Fsp3) is 0.917. The molecule has 0 spiro atoms. The van der Waals surface area contributed by atoms with Gasteiger partial charge < -0.3 is 10.4 Å². The predicted molar refractivity (Wildman–Crippen MR) is 60.8 cm³/mol. The molecule has 0 heterocycles. The second kappa shape index (κ2) is 3.21. The van der Waals surface area contributed by atoms with Crippen LogP contribution < -0.4 is 5.32 Å². The van der Waals surface area contributed by atoms with Gasteiger partial charge in [0.05, 0.1) is 5.41 Å². The lowest BCUT2D eigenvalue weighted by Crippen LogP contribution is -2.38. The van der Waals surface area contributed by atoms with E-state index < -0.39 is 11.4 Å². The predicted octanol–water partition coefficient (Wildman–Crippen LogP) is 2.12. The molecule has 0 aliphatic heterocycles. The lowest BCUT2D eigenvalue weighted by atomic mass is 9.94. The number of carboxylic acids is 1. The molecule has 88 valence electrons. The van der Waals surface area contributed by atoms with Crippen LogP contribution in [0.4, 0.5) is 0 Å². The average Bonchev–Trinajstić information content (AvgIpc) is 2.40. The molecule has 1 fully saturated rings. The molecule has 0 saturated heterocycles. The van der Waals surface area contributed by atoms with Crippen molar-refractivity contribution in [2.24, 2.45) is 16.2 Å². The summed E-state index contributed by atoms with van der Waals surface area (Å²) in [5, 5.41) is 12.4. The molecule has 0 atom stereocenters. The molecule has 0 aromatic carbocycles. The van der Waals surface area contributed by atoms with E-state index in [9.17, 15) is 4.79 Å². The summed E-state index contributed by atoms with van der Waals surface area (Å²) in [5.41, 5.74) is -0.155. The Labute approximate surface area is 92.3 Å². The number of aliphatic carboxylic acids is 1. The summed E-state index contributed by atoms with van der Waals surface area (Å²) < 4.78 is 0. The second-order valence-corrected chi connectivity index (χ2v) is 6.45. The molecule has 2 N–H and O–H groups in total. The van der Waals surface area contributed by atoms with Crippen molar-refractivity contribution in [2.75, 3.05) is 6.54 Å². The van der Waals surface area contributed by atoms with Crippen LogP contribution in [0, 0.1) is 16.2 Å². The van der Waals surface area contributed by atoms with E-state index in [1.165, 1.54) is 0 Å². The van der Waals surface area contributed by atoms with E-state index in [-0.39, 0.29) is 10.8 Å². The van der Waals surface area contributed by atoms with Crippen molar-refractivity contribution in [3.63, 3.8) is 0 Å². The van der Waals surface area contributed by atoms with Gasteiger partial charge in [-0.2, -0.15) is 0 Å². The quantitative estimate of drug-likeness (QED) is 0.752. The Morgan fingerprint density at radius 2 is 1.67 bits per heavy atom. The van der Waals surface area contributed by atoms with E-state index in [0.29, 0.717) is 12.6 Å². The number of hydrogen-bond acceptors (Lipinski definition) is 2. The first kappa shape index (κ1) is 12.5. The summed E-state index contributed by atoms with van der Waals surface area (Å²) in [5.74, 6) is -0.744. The summed E-state index contributed by atoms with van der Waals surface area (Å²) >= 11 is 0.